The highest BCUT2D eigenvalue weighted by atomic mass is 79.9. The maximum Gasteiger partial charge on any atom is 0.123 e. The maximum absolute atomic E-state index is 13.2. The zero-order chi connectivity index (χ0) is 11.7. The lowest BCUT2D eigenvalue weighted by atomic mass is 10.0. The molecule has 2 rings (SSSR count). The van der Waals surface area contributed by atoms with Gasteiger partial charge in [0.1, 0.15) is 5.82 Å². The minimum absolute atomic E-state index is 0.263. The van der Waals surface area contributed by atoms with E-state index in [-0.39, 0.29) is 11.9 Å². The molecule has 0 aliphatic rings. The van der Waals surface area contributed by atoms with Gasteiger partial charge in [-0.25, -0.2) is 4.39 Å². The summed E-state index contributed by atoms with van der Waals surface area (Å²) >= 11 is 5.04. The first-order chi connectivity index (χ1) is 7.58. The van der Waals surface area contributed by atoms with Gasteiger partial charge in [-0.1, -0.05) is 15.9 Å². The van der Waals surface area contributed by atoms with Gasteiger partial charge in [-0.05, 0) is 47.7 Å². The molecule has 1 nitrogen and oxygen atoms in total. The second-order valence-electron chi connectivity index (χ2n) is 3.63. The quantitative estimate of drug-likeness (QED) is 0.891. The van der Waals surface area contributed by atoms with E-state index in [9.17, 15) is 4.39 Å². The normalized spacial score (nSPS) is 12.8. The molecule has 4 heteroatoms. The molecule has 0 saturated carbocycles. The minimum atomic E-state index is -0.282. The van der Waals surface area contributed by atoms with Gasteiger partial charge in [-0.2, -0.15) is 0 Å². The van der Waals surface area contributed by atoms with E-state index < -0.39 is 0 Å². The van der Waals surface area contributed by atoms with Gasteiger partial charge in [-0.3, -0.25) is 0 Å². The van der Waals surface area contributed by atoms with Crippen molar-refractivity contribution >= 4 is 27.3 Å². The molecule has 0 aliphatic heterocycles. The maximum atomic E-state index is 13.2. The molecule has 1 aromatic carbocycles. The van der Waals surface area contributed by atoms with E-state index in [1.54, 1.807) is 17.4 Å². The smallest absolute Gasteiger partial charge is 0.123 e. The van der Waals surface area contributed by atoms with Crippen molar-refractivity contribution in [1.29, 1.82) is 0 Å². The van der Waals surface area contributed by atoms with Crippen LogP contribution in [0, 0.1) is 12.7 Å². The molecule has 0 saturated heterocycles. The van der Waals surface area contributed by atoms with E-state index in [2.05, 4.69) is 15.9 Å². The Bertz CT molecular complexity index is 509. The predicted molar refractivity (Wildman–Crippen MR) is 69.2 cm³/mol. The number of rotatable bonds is 2. The van der Waals surface area contributed by atoms with Crippen molar-refractivity contribution in [1.82, 2.24) is 0 Å². The van der Waals surface area contributed by atoms with Crippen molar-refractivity contribution in [2.75, 3.05) is 0 Å². The summed E-state index contributed by atoms with van der Waals surface area (Å²) < 4.78 is 14.0. The fourth-order valence-corrected chi connectivity index (χ4v) is 2.79. The first-order valence-corrected chi connectivity index (χ1v) is 6.51. The molecule has 0 bridgehead atoms. The van der Waals surface area contributed by atoms with Crippen LogP contribution in [0.4, 0.5) is 4.39 Å². The summed E-state index contributed by atoms with van der Waals surface area (Å²) in [6.45, 7) is 2.03. The van der Waals surface area contributed by atoms with Gasteiger partial charge in [0.15, 0.2) is 0 Å². The van der Waals surface area contributed by atoms with E-state index >= 15 is 0 Å². The molecule has 2 N–H and O–H groups in total. The van der Waals surface area contributed by atoms with Crippen molar-refractivity contribution < 1.29 is 4.39 Å². The van der Waals surface area contributed by atoms with Crippen LogP contribution in [0.5, 0.6) is 0 Å². The SMILES string of the molecule is Cc1cc(C(N)c2cc(F)ccc2Br)cs1. The monoisotopic (exact) mass is 299 g/mol. The van der Waals surface area contributed by atoms with Crippen LogP contribution >= 0.6 is 27.3 Å². The lowest BCUT2D eigenvalue weighted by Gasteiger charge is -2.12. The molecule has 0 amide bonds. The zero-order valence-corrected chi connectivity index (χ0v) is 11.1. The average Bonchev–Trinajstić information content (AvgIpc) is 2.67. The lowest BCUT2D eigenvalue weighted by Crippen LogP contribution is -2.11. The fraction of sp³-hybridized carbons (Fsp3) is 0.167. The van der Waals surface area contributed by atoms with E-state index in [4.69, 9.17) is 5.73 Å². The van der Waals surface area contributed by atoms with Crippen molar-refractivity contribution in [2.24, 2.45) is 5.73 Å². The van der Waals surface area contributed by atoms with Crippen LogP contribution in [-0.4, -0.2) is 0 Å². The molecular weight excluding hydrogens is 289 g/mol. The van der Waals surface area contributed by atoms with Crippen LogP contribution in [0.3, 0.4) is 0 Å². The summed E-state index contributed by atoms with van der Waals surface area (Å²) in [5, 5.41) is 2.01. The van der Waals surface area contributed by atoms with E-state index in [1.165, 1.54) is 17.0 Å². The Morgan fingerprint density at radius 3 is 2.75 bits per heavy atom. The third-order valence-corrected chi connectivity index (χ3v) is 4.00. The van der Waals surface area contributed by atoms with Crippen molar-refractivity contribution in [3.8, 4) is 0 Å². The van der Waals surface area contributed by atoms with E-state index in [1.807, 2.05) is 18.4 Å². The highest BCUT2D eigenvalue weighted by Crippen LogP contribution is 2.29. The highest BCUT2D eigenvalue weighted by Gasteiger charge is 2.14. The van der Waals surface area contributed by atoms with Crippen LogP contribution in [0.15, 0.2) is 34.1 Å². The topological polar surface area (TPSA) is 26.0 Å². The predicted octanol–water partition coefficient (Wildman–Crippen LogP) is 4.01. The summed E-state index contributed by atoms with van der Waals surface area (Å²) in [5.74, 6) is -0.263. The number of benzene rings is 1. The molecule has 0 radical (unpaired) electrons. The third-order valence-electron chi connectivity index (χ3n) is 2.40. The zero-order valence-electron chi connectivity index (χ0n) is 8.71. The first kappa shape index (κ1) is 11.8. The summed E-state index contributed by atoms with van der Waals surface area (Å²) in [4.78, 5) is 1.21. The molecule has 16 heavy (non-hydrogen) atoms. The summed E-state index contributed by atoms with van der Waals surface area (Å²) in [6, 6.07) is 6.33. The Hall–Kier alpha value is -0.710. The van der Waals surface area contributed by atoms with Crippen LogP contribution < -0.4 is 5.73 Å². The molecule has 84 valence electrons. The number of thiophene rings is 1. The lowest BCUT2D eigenvalue weighted by molar-refractivity contribution is 0.623. The molecule has 1 aromatic heterocycles. The first-order valence-electron chi connectivity index (χ1n) is 4.83. The number of hydrogen-bond acceptors (Lipinski definition) is 2. The van der Waals surface area contributed by atoms with Crippen LogP contribution in [0.1, 0.15) is 22.0 Å². The van der Waals surface area contributed by atoms with Crippen molar-refractivity contribution in [3.63, 3.8) is 0 Å². The average molecular weight is 300 g/mol. The molecular formula is C12H11BrFNS. The Morgan fingerprint density at radius 2 is 2.12 bits per heavy atom. The summed E-state index contributed by atoms with van der Waals surface area (Å²) in [5.41, 5.74) is 7.91. The summed E-state index contributed by atoms with van der Waals surface area (Å²) in [7, 11) is 0. The summed E-state index contributed by atoms with van der Waals surface area (Å²) in [6.07, 6.45) is 0. The second-order valence-corrected chi connectivity index (χ2v) is 5.60. The van der Waals surface area contributed by atoms with E-state index in [0.717, 1.165) is 15.6 Å². The Morgan fingerprint density at radius 1 is 1.38 bits per heavy atom. The van der Waals surface area contributed by atoms with Crippen LogP contribution in [-0.2, 0) is 0 Å². The van der Waals surface area contributed by atoms with Gasteiger partial charge in [0, 0.05) is 9.35 Å². The standard InChI is InChI=1S/C12H11BrFNS/c1-7-4-8(6-16-7)12(15)10-5-9(14)2-3-11(10)13/h2-6,12H,15H2,1H3. The molecule has 1 unspecified atom stereocenters. The van der Waals surface area contributed by atoms with Gasteiger partial charge in [-0.15, -0.1) is 11.3 Å². The Labute approximate surface area is 106 Å². The third kappa shape index (κ3) is 2.34. The number of halogens is 2. The number of aryl methyl sites for hydroxylation is 1. The van der Waals surface area contributed by atoms with Gasteiger partial charge < -0.3 is 5.73 Å². The molecule has 1 heterocycles. The largest absolute Gasteiger partial charge is 0.320 e. The Balaban J connectivity index is 2.40. The molecule has 0 aliphatic carbocycles. The van der Waals surface area contributed by atoms with E-state index in [0.29, 0.717) is 0 Å². The minimum Gasteiger partial charge on any atom is -0.320 e. The Kier molecular flexibility index (Phi) is 3.42. The van der Waals surface area contributed by atoms with Gasteiger partial charge >= 0.3 is 0 Å². The van der Waals surface area contributed by atoms with Crippen LogP contribution in [0.2, 0.25) is 0 Å². The molecule has 2 aromatic rings. The number of nitrogens with two attached hydrogens (primary N) is 1. The van der Waals surface area contributed by atoms with Crippen LogP contribution in [0.25, 0.3) is 0 Å². The van der Waals surface area contributed by atoms with Gasteiger partial charge in [0.05, 0.1) is 6.04 Å². The fourth-order valence-electron chi connectivity index (χ4n) is 1.56. The molecule has 0 fully saturated rings. The van der Waals surface area contributed by atoms with Gasteiger partial charge in [0.2, 0.25) is 0 Å². The van der Waals surface area contributed by atoms with Crippen molar-refractivity contribution in [2.45, 2.75) is 13.0 Å². The highest BCUT2D eigenvalue weighted by molar-refractivity contribution is 9.10. The number of hydrogen-bond donors (Lipinski definition) is 1. The van der Waals surface area contributed by atoms with Gasteiger partial charge in [0.25, 0.3) is 0 Å². The second kappa shape index (κ2) is 4.65. The molecule has 0 spiro atoms. The van der Waals surface area contributed by atoms with Crippen molar-refractivity contribution in [3.05, 3.63) is 55.9 Å². The molecule has 1 atom stereocenters.